The smallest absolute Gasteiger partial charge is 0.234 e. The highest BCUT2D eigenvalue weighted by Gasteiger charge is 2.30. The van der Waals surface area contributed by atoms with Crippen LogP contribution < -0.4 is 5.32 Å². The molecule has 15 heavy (non-hydrogen) atoms. The molecule has 1 aromatic rings. The summed E-state index contributed by atoms with van der Waals surface area (Å²) < 4.78 is -1.81. The van der Waals surface area contributed by atoms with E-state index in [0.717, 1.165) is 0 Å². The van der Waals surface area contributed by atoms with Crippen molar-refractivity contribution in [2.24, 2.45) is 0 Å². The van der Waals surface area contributed by atoms with E-state index in [1.54, 1.807) is 12.1 Å². The van der Waals surface area contributed by atoms with E-state index >= 15 is 0 Å². The first kappa shape index (κ1) is 13.5. The first-order chi connectivity index (χ1) is 6.80. The van der Waals surface area contributed by atoms with Crippen LogP contribution in [-0.4, -0.2) is 15.1 Å². The quantitative estimate of drug-likeness (QED) is 0.637. The van der Waals surface area contributed by atoms with Gasteiger partial charge in [-0.3, -0.25) is 0 Å². The van der Waals surface area contributed by atoms with Crippen LogP contribution >= 0.6 is 58.0 Å². The van der Waals surface area contributed by atoms with Crippen LogP contribution in [0.15, 0.2) is 18.2 Å². The zero-order valence-electron chi connectivity index (χ0n) is 7.15. The number of anilines is 1. The number of hydrogen-bond donors (Lipinski definition) is 2. The van der Waals surface area contributed by atoms with Gasteiger partial charge in [-0.2, -0.15) is 0 Å². The van der Waals surface area contributed by atoms with E-state index in [4.69, 9.17) is 58.0 Å². The van der Waals surface area contributed by atoms with Crippen molar-refractivity contribution < 1.29 is 5.11 Å². The summed E-state index contributed by atoms with van der Waals surface area (Å²) in [5.41, 5.74) is 0.503. The Balaban J connectivity index is 2.78. The van der Waals surface area contributed by atoms with Crippen molar-refractivity contribution in [2.45, 2.75) is 10.0 Å². The topological polar surface area (TPSA) is 32.3 Å². The first-order valence-electron chi connectivity index (χ1n) is 3.77. The van der Waals surface area contributed by atoms with Gasteiger partial charge in [0.2, 0.25) is 3.79 Å². The zero-order valence-corrected chi connectivity index (χ0v) is 10.9. The van der Waals surface area contributed by atoms with Gasteiger partial charge in [0, 0.05) is 5.69 Å². The highest BCUT2D eigenvalue weighted by molar-refractivity contribution is 6.68. The Kier molecular flexibility index (Phi) is 4.65. The van der Waals surface area contributed by atoms with Crippen LogP contribution in [0.2, 0.25) is 10.0 Å². The Morgan fingerprint density at radius 3 is 2.20 bits per heavy atom. The highest BCUT2D eigenvalue weighted by atomic mass is 35.6. The van der Waals surface area contributed by atoms with Gasteiger partial charge in [0.05, 0.1) is 10.0 Å². The Hall–Kier alpha value is 0.430. The number of nitrogens with one attached hydrogen (secondary N) is 1. The van der Waals surface area contributed by atoms with Crippen molar-refractivity contribution in [3.05, 3.63) is 28.2 Å². The van der Waals surface area contributed by atoms with E-state index < -0.39 is 10.0 Å². The summed E-state index contributed by atoms with van der Waals surface area (Å²) in [6, 6.07) is 4.69. The minimum Gasteiger partial charge on any atom is -0.370 e. The number of halogens is 5. The van der Waals surface area contributed by atoms with Gasteiger partial charge in [-0.1, -0.05) is 58.0 Å². The maximum atomic E-state index is 9.42. The number of benzene rings is 1. The molecule has 0 saturated carbocycles. The molecule has 2 nitrogen and oxygen atoms in total. The van der Waals surface area contributed by atoms with Crippen LogP contribution in [0.25, 0.3) is 0 Å². The lowest BCUT2D eigenvalue weighted by molar-refractivity contribution is 0.208. The second-order valence-corrected chi connectivity index (χ2v) is 5.90. The van der Waals surface area contributed by atoms with Crippen molar-refractivity contribution in [3.8, 4) is 0 Å². The molecule has 7 heteroatoms. The maximum Gasteiger partial charge on any atom is 0.234 e. The summed E-state index contributed by atoms with van der Waals surface area (Å²) in [6.07, 6.45) is -1.33. The van der Waals surface area contributed by atoms with E-state index in [9.17, 15) is 5.11 Å². The average Bonchev–Trinajstić information content (AvgIpc) is 2.10. The Morgan fingerprint density at radius 1 is 1.13 bits per heavy atom. The minimum absolute atomic E-state index is 0.346. The van der Waals surface area contributed by atoms with E-state index in [-0.39, 0.29) is 0 Å². The van der Waals surface area contributed by atoms with Crippen molar-refractivity contribution in [3.63, 3.8) is 0 Å². The molecular weight excluding hydrogens is 303 g/mol. The van der Waals surface area contributed by atoms with Crippen LogP contribution in [-0.2, 0) is 0 Å². The standard InChI is InChI=1S/C8H6Cl5NO/c9-5-2-1-4(3-6(5)10)14-7(15)8(11,12)13/h1-3,7,14-15H. The first-order valence-corrected chi connectivity index (χ1v) is 5.66. The van der Waals surface area contributed by atoms with Crippen LogP contribution in [0.3, 0.4) is 0 Å². The molecule has 0 amide bonds. The van der Waals surface area contributed by atoms with E-state index in [2.05, 4.69) is 5.32 Å². The molecule has 2 N–H and O–H groups in total. The van der Waals surface area contributed by atoms with Crippen LogP contribution in [0.1, 0.15) is 0 Å². The van der Waals surface area contributed by atoms with E-state index in [1.807, 2.05) is 0 Å². The number of rotatable bonds is 2. The molecule has 1 unspecified atom stereocenters. The fourth-order valence-corrected chi connectivity index (χ4v) is 1.29. The Labute approximate surface area is 112 Å². The van der Waals surface area contributed by atoms with Gasteiger partial charge in [0.25, 0.3) is 0 Å². The predicted octanol–water partition coefficient (Wildman–Crippen LogP) is 4.09. The largest absolute Gasteiger partial charge is 0.370 e. The molecule has 0 aliphatic rings. The van der Waals surface area contributed by atoms with Crippen LogP contribution in [0, 0.1) is 0 Å². The van der Waals surface area contributed by atoms with Gasteiger partial charge in [-0.15, -0.1) is 0 Å². The lowest BCUT2D eigenvalue weighted by atomic mass is 10.3. The zero-order chi connectivity index (χ0) is 11.6. The predicted molar refractivity (Wildman–Crippen MR) is 66.4 cm³/mol. The van der Waals surface area contributed by atoms with Crippen molar-refractivity contribution >= 4 is 63.7 Å². The molecule has 0 aliphatic carbocycles. The van der Waals surface area contributed by atoms with E-state index in [0.29, 0.717) is 15.7 Å². The molecular formula is C8H6Cl5NO. The molecule has 0 bridgehead atoms. The number of hydrogen-bond acceptors (Lipinski definition) is 2. The second kappa shape index (κ2) is 5.17. The maximum absolute atomic E-state index is 9.42. The molecule has 0 aliphatic heterocycles. The molecule has 1 atom stereocenters. The molecule has 84 valence electrons. The highest BCUT2D eigenvalue weighted by Crippen LogP contribution is 2.32. The number of alkyl halides is 3. The number of aliphatic hydroxyl groups excluding tert-OH is 1. The van der Waals surface area contributed by atoms with Crippen LogP contribution in [0.4, 0.5) is 5.69 Å². The third-order valence-electron chi connectivity index (χ3n) is 1.53. The summed E-state index contributed by atoms with van der Waals surface area (Å²) in [6.45, 7) is 0. The summed E-state index contributed by atoms with van der Waals surface area (Å²) in [5, 5.41) is 12.7. The van der Waals surface area contributed by atoms with Gasteiger partial charge < -0.3 is 10.4 Å². The second-order valence-electron chi connectivity index (χ2n) is 2.72. The third-order valence-corrected chi connectivity index (χ3v) is 2.89. The SMILES string of the molecule is OC(Nc1ccc(Cl)c(Cl)c1)C(Cl)(Cl)Cl. The lowest BCUT2D eigenvalue weighted by Crippen LogP contribution is -2.33. The normalized spacial score (nSPS) is 13.7. The van der Waals surface area contributed by atoms with Gasteiger partial charge in [0.1, 0.15) is 0 Å². The molecule has 1 aromatic carbocycles. The molecule has 0 saturated heterocycles. The summed E-state index contributed by atoms with van der Waals surface area (Å²) in [5.74, 6) is 0. The van der Waals surface area contributed by atoms with Gasteiger partial charge in [-0.05, 0) is 18.2 Å². The van der Waals surface area contributed by atoms with Crippen molar-refractivity contribution in [2.75, 3.05) is 5.32 Å². The molecule has 0 aromatic heterocycles. The monoisotopic (exact) mass is 307 g/mol. The van der Waals surface area contributed by atoms with Gasteiger partial charge >= 0.3 is 0 Å². The summed E-state index contributed by atoms with van der Waals surface area (Å²) in [4.78, 5) is 0. The third kappa shape index (κ3) is 4.06. The summed E-state index contributed by atoms with van der Waals surface area (Å²) in [7, 11) is 0. The van der Waals surface area contributed by atoms with Crippen molar-refractivity contribution in [1.82, 2.24) is 0 Å². The molecule has 0 heterocycles. The van der Waals surface area contributed by atoms with Gasteiger partial charge in [-0.25, -0.2) is 0 Å². The number of aliphatic hydroxyl groups is 1. The fourth-order valence-electron chi connectivity index (χ4n) is 0.826. The lowest BCUT2D eigenvalue weighted by Gasteiger charge is -2.21. The Morgan fingerprint density at radius 2 is 1.73 bits per heavy atom. The molecule has 0 spiro atoms. The molecule has 0 radical (unpaired) electrons. The minimum atomic E-state index is -1.81. The summed E-state index contributed by atoms with van der Waals surface area (Å²) >= 11 is 27.9. The fraction of sp³-hybridized carbons (Fsp3) is 0.250. The van der Waals surface area contributed by atoms with Crippen LogP contribution in [0.5, 0.6) is 0 Å². The average molecular weight is 309 g/mol. The van der Waals surface area contributed by atoms with E-state index in [1.165, 1.54) is 6.07 Å². The van der Waals surface area contributed by atoms with Gasteiger partial charge in [0.15, 0.2) is 6.23 Å². The Bertz CT molecular complexity index is 351. The molecule has 1 rings (SSSR count). The van der Waals surface area contributed by atoms with Crippen molar-refractivity contribution in [1.29, 1.82) is 0 Å². The molecule has 0 fully saturated rings.